The maximum atomic E-state index is 13.1. The molecule has 39 heavy (non-hydrogen) atoms. The van der Waals surface area contributed by atoms with Crippen molar-refractivity contribution in [3.8, 4) is 11.1 Å². The summed E-state index contributed by atoms with van der Waals surface area (Å²) in [4.78, 5) is 11.0. The number of sulfonamides is 1. The van der Waals surface area contributed by atoms with Crippen LogP contribution in [0.15, 0.2) is 77.7 Å². The number of hydrogen-bond acceptors (Lipinski definition) is 5. The lowest BCUT2D eigenvalue weighted by molar-refractivity contribution is -0.136. The van der Waals surface area contributed by atoms with Crippen LogP contribution < -0.4 is 5.32 Å². The van der Waals surface area contributed by atoms with Gasteiger partial charge in [0.15, 0.2) is 0 Å². The molecule has 0 amide bonds. The van der Waals surface area contributed by atoms with Crippen LogP contribution in [0.1, 0.15) is 37.0 Å². The van der Waals surface area contributed by atoms with E-state index in [1.54, 1.807) is 36.4 Å². The van der Waals surface area contributed by atoms with Crippen LogP contribution in [0.3, 0.4) is 0 Å². The van der Waals surface area contributed by atoms with Crippen LogP contribution in [-0.2, 0) is 34.1 Å². The van der Waals surface area contributed by atoms with E-state index < -0.39 is 22.1 Å². The molecule has 3 aromatic rings. The Morgan fingerprint density at radius 1 is 0.974 bits per heavy atom. The van der Waals surface area contributed by atoms with Gasteiger partial charge in [0.1, 0.15) is 0 Å². The standard InChI is InChI=1S/C31H38N2O5S/c1-31(2,19-23-16-26-6-4-5-7-27(26)17-23)32-20-28(34)21-33(3)39(37,38)29-14-12-25(13-15-29)24-10-8-22(9-11-24)18-30(35)36/h4-15,23,28,32,34H,16-21H2,1-3H3,(H,35,36). The third-order valence-electron chi connectivity index (χ3n) is 7.42. The predicted molar refractivity (Wildman–Crippen MR) is 153 cm³/mol. The Morgan fingerprint density at radius 3 is 2.05 bits per heavy atom. The number of aliphatic carboxylic acids is 1. The molecular formula is C31H38N2O5S. The molecule has 3 aromatic carbocycles. The van der Waals surface area contributed by atoms with Crippen LogP contribution in [0.25, 0.3) is 11.1 Å². The zero-order valence-corrected chi connectivity index (χ0v) is 23.6. The molecule has 0 heterocycles. The Morgan fingerprint density at radius 2 is 1.51 bits per heavy atom. The van der Waals surface area contributed by atoms with Gasteiger partial charge in [0, 0.05) is 25.7 Å². The quantitative estimate of drug-likeness (QED) is 0.313. The maximum absolute atomic E-state index is 13.1. The van der Waals surface area contributed by atoms with E-state index in [-0.39, 0.29) is 23.4 Å². The van der Waals surface area contributed by atoms with Gasteiger partial charge in [-0.1, -0.05) is 60.7 Å². The molecule has 0 fully saturated rings. The summed E-state index contributed by atoms with van der Waals surface area (Å²) in [6, 6.07) is 22.3. The van der Waals surface area contributed by atoms with Crippen LogP contribution in [0.4, 0.5) is 0 Å². The fraction of sp³-hybridized carbons (Fsp3) is 0.387. The number of carbonyl (C=O) groups is 1. The van der Waals surface area contributed by atoms with Crippen molar-refractivity contribution in [2.75, 3.05) is 20.1 Å². The Balaban J connectivity index is 1.29. The normalized spacial score (nSPS) is 14.9. The van der Waals surface area contributed by atoms with Crippen LogP contribution in [0.5, 0.6) is 0 Å². The molecule has 8 heteroatoms. The minimum Gasteiger partial charge on any atom is -0.481 e. The molecular weight excluding hydrogens is 512 g/mol. The highest BCUT2D eigenvalue weighted by atomic mass is 32.2. The number of aliphatic hydroxyl groups is 1. The topological polar surface area (TPSA) is 107 Å². The Bertz CT molecular complexity index is 1360. The molecule has 0 radical (unpaired) electrons. The zero-order chi connectivity index (χ0) is 28.2. The van der Waals surface area contributed by atoms with Gasteiger partial charge in [-0.2, -0.15) is 4.31 Å². The molecule has 4 rings (SSSR count). The second kappa shape index (κ2) is 12.0. The Hall–Kier alpha value is -3.04. The molecule has 208 valence electrons. The van der Waals surface area contributed by atoms with E-state index in [1.165, 1.54) is 22.5 Å². The highest BCUT2D eigenvalue weighted by Gasteiger charge is 2.29. The van der Waals surface area contributed by atoms with E-state index in [4.69, 9.17) is 5.11 Å². The predicted octanol–water partition coefficient (Wildman–Crippen LogP) is 4.14. The molecule has 1 aliphatic rings. The first kappa shape index (κ1) is 29.0. The zero-order valence-electron chi connectivity index (χ0n) is 22.8. The number of fused-ring (bicyclic) bond motifs is 1. The van der Waals surface area contributed by atoms with Gasteiger partial charge in [-0.15, -0.1) is 0 Å². The van der Waals surface area contributed by atoms with E-state index in [0.717, 1.165) is 30.4 Å². The van der Waals surface area contributed by atoms with E-state index in [2.05, 4.69) is 43.4 Å². The molecule has 7 nitrogen and oxygen atoms in total. The van der Waals surface area contributed by atoms with Crippen molar-refractivity contribution >= 4 is 16.0 Å². The van der Waals surface area contributed by atoms with Gasteiger partial charge in [-0.05, 0) is 79.0 Å². The minimum atomic E-state index is -3.78. The monoisotopic (exact) mass is 550 g/mol. The van der Waals surface area contributed by atoms with Crippen molar-refractivity contribution < 1.29 is 23.4 Å². The number of nitrogens with one attached hydrogen (secondary N) is 1. The molecule has 3 N–H and O–H groups in total. The number of carboxylic acid groups (broad SMARTS) is 1. The molecule has 0 aliphatic heterocycles. The lowest BCUT2D eigenvalue weighted by atomic mass is 9.88. The second-order valence-electron chi connectivity index (χ2n) is 11.2. The summed E-state index contributed by atoms with van der Waals surface area (Å²) < 4.78 is 27.5. The van der Waals surface area contributed by atoms with E-state index >= 15 is 0 Å². The Kier molecular flexibility index (Phi) is 8.91. The number of nitrogens with zero attached hydrogens (tertiary/aromatic N) is 1. The van der Waals surface area contributed by atoms with Crippen LogP contribution in [-0.4, -0.2) is 60.7 Å². The van der Waals surface area contributed by atoms with Gasteiger partial charge in [-0.25, -0.2) is 8.42 Å². The fourth-order valence-corrected chi connectivity index (χ4v) is 6.64. The average Bonchev–Trinajstić information content (AvgIpc) is 3.29. The van der Waals surface area contributed by atoms with Gasteiger partial charge >= 0.3 is 5.97 Å². The Labute approximate surface area is 231 Å². The number of carboxylic acids is 1. The molecule has 0 aromatic heterocycles. The molecule has 0 bridgehead atoms. The van der Waals surface area contributed by atoms with Crippen LogP contribution in [0, 0.1) is 5.92 Å². The van der Waals surface area contributed by atoms with Crippen molar-refractivity contribution in [3.63, 3.8) is 0 Å². The summed E-state index contributed by atoms with van der Waals surface area (Å²) in [7, 11) is -2.30. The van der Waals surface area contributed by atoms with Crippen molar-refractivity contribution in [1.29, 1.82) is 0 Å². The number of β-amino-alcohol motifs (C(OH)–C–C–N with tert-alkyl or cyclic N) is 1. The lowest BCUT2D eigenvalue weighted by Crippen LogP contribution is -2.47. The van der Waals surface area contributed by atoms with Gasteiger partial charge in [0.05, 0.1) is 17.4 Å². The summed E-state index contributed by atoms with van der Waals surface area (Å²) in [5, 5.41) is 23.0. The van der Waals surface area contributed by atoms with Gasteiger partial charge in [0.25, 0.3) is 0 Å². The number of hydrogen-bond donors (Lipinski definition) is 3. The third kappa shape index (κ3) is 7.54. The second-order valence-corrected chi connectivity index (χ2v) is 13.3. The molecule has 1 atom stereocenters. The number of rotatable bonds is 12. The molecule has 0 saturated carbocycles. The van der Waals surface area contributed by atoms with Gasteiger partial charge < -0.3 is 15.5 Å². The summed E-state index contributed by atoms with van der Waals surface area (Å²) in [6.45, 7) is 4.53. The first-order chi connectivity index (χ1) is 18.4. The first-order valence-electron chi connectivity index (χ1n) is 13.3. The molecule has 1 unspecified atom stereocenters. The maximum Gasteiger partial charge on any atom is 0.307 e. The van der Waals surface area contributed by atoms with E-state index in [1.807, 2.05) is 12.1 Å². The van der Waals surface area contributed by atoms with Crippen molar-refractivity contribution in [3.05, 3.63) is 89.5 Å². The molecule has 0 saturated heterocycles. The summed E-state index contributed by atoms with van der Waals surface area (Å²) in [6.07, 6.45) is 2.21. The molecule has 1 aliphatic carbocycles. The number of benzene rings is 3. The molecule has 0 spiro atoms. The van der Waals surface area contributed by atoms with Crippen LogP contribution in [0.2, 0.25) is 0 Å². The first-order valence-corrected chi connectivity index (χ1v) is 14.7. The number of aliphatic hydroxyl groups excluding tert-OH is 1. The highest BCUT2D eigenvalue weighted by molar-refractivity contribution is 7.89. The van der Waals surface area contributed by atoms with Crippen LogP contribution >= 0.6 is 0 Å². The largest absolute Gasteiger partial charge is 0.481 e. The summed E-state index contributed by atoms with van der Waals surface area (Å²) in [5.41, 5.74) is 5.06. The third-order valence-corrected chi connectivity index (χ3v) is 9.26. The fourth-order valence-electron chi connectivity index (χ4n) is 5.43. The minimum absolute atomic E-state index is 0.0208. The van der Waals surface area contributed by atoms with Crippen molar-refractivity contribution in [1.82, 2.24) is 9.62 Å². The van der Waals surface area contributed by atoms with Gasteiger partial charge in [-0.3, -0.25) is 4.79 Å². The van der Waals surface area contributed by atoms with E-state index in [0.29, 0.717) is 18.0 Å². The lowest BCUT2D eigenvalue weighted by Gasteiger charge is -2.31. The summed E-state index contributed by atoms with van der Waals surface area (Å²) in [5.74, 6) is -0.336. The van der Waals surface area contributed by atoms with Crippen molar-refractivity contribution in [2.24, 2.45) is 5.92 Å². The SMILES string of the molecule is CN(CC(O)CNC(C)(C)CC1Cc2ccccc2C1)S(=O)(=O)c1ccc(-c2ccc(CC(=O)O)cc2)cc1. The number of likely N-dealkylation sites (N-methyl/N-ethyl adjacent to an activating group) is 1. The average molecular weight is 551 g/mol. The van der Waals surface area contributed by atoms with Crippen molar-refractivity contribution in [2.45, 2.75) is 56.1 Å². The van der Waals surface area contributed by atoms with E-state index in [9.17, 15) is 18.3 Å². The van der Waals surface area contributed by atoms with Gasteiger partial charge in [0.2, 0.25) is 10.0 Å². The smallest absolute Gasteiger partial charge is 0.307 e. The highest BCUT2D eigenvalue weighted by Crippen LogP contribution is 2.32. The summed E-state index contributed by atoms with van der Waals surface area (Å²) >= 11 is 0.